The van der Waals surface area contributed by atoms with Gasteiger partial charge in [-0.25, -0.2) is 0 Å². The van der Waals surface area contributed by atoms with E-state index >= 15 is 0 Å². The second kappa shape index (κ2) is 10.2. The summed E-state index contributed by atoms with van der Waals surface area (Å²) in [6, 6.07) is 63.8. The smallest absolute Gasteiger partial charge is 0.132 e. The van der Waals surface area contributed by atoms with Gasteiger partial charge in [-0.15, -0.1) is 0 Å². The molecular formula is C47H30N2O. The lowest BCUT2D eigenvalue weighted by atomic mass is 9.58. The molecule has 0 fully saturated rings. The van der Waals surface area contributed by atoms with Crippen molar-refractivity contribution in [3.63, 3.8) is 0 Å². The zero-order valence-corrected chi connectivity index (χ0v) is 27.1. The number of benzene rings is 8. The van der Waals surface area contributed by atoms with Crippen molar-refractivity contribution in [1.82, 2.24) is 4.98 Å². The molecule has 1 N–H and O–H groups in total. The fourth-order valence-corrected chi connectivity index (χ4v) is 8.82. The largest absolute Gasteiger partial charge is 0.457 e. The fraction of sp³-hybridized carbons (Fsp3) is 0.0213. The highest BCUT2D eigenvalue weighted by molar-refractivity contribution is 6.09. The molecule has 3 nitrogen and oxygen atoms in total. The Balaban J connectivity index is 1.24. The summed E-state index contributed by atoms with van der Waals surface area (Å²) in [4.78, 5) is 6.06. The summed E-state index contributed by atoms with van der Waals surface area (Å²) in [7, 11) is 0. The van der Waals surface area contributed by atoms with Gasteiger partial charge in [0.15, 0.2) is 0 Å². The summed E-state index contributed by atoms with van der Waals surface area (Å²) < 4.78 is 6.67. The second-order valence-electron chi connectivity index (χ2n) is 13.4. The number of aromatic amines is 1. The lowest BCUT2D eigenvalue weighted by Gasteiger charge is -2.45. The minimum absolute atomic E-state index is 0.603. The monoisotopic (exact) mass is 638 g/mol. The molecule has 0 saturated carbocycles. The zero-order valence-electron chi connectivity index (χ0n) is 27.1. The van der Waals surface area contributed by atoms with Crippen LogP contribution in [0.15, 0.2) is 176 Å². The number of H-pyrrole nitrogens is 1. The topological polar surface area (TPSA) is 28.3 Å². The predicted octanol–water partition coefficient (Wildman–Crippen LogP) is 12.4. The van der Waals surface area contributed by atoms with Crippen LogP contribution in [0.5, 0.6) is 11.5 Å². The molecule has 0 radical (unpaired) electrons. The van der Waals surface area contributed by atoms with E-state index in [4.69, 9.17) is 4.74 Å². The SMILES string of the molecule is c1ccc(N(c2ccc3c(c2)C2(c4ccccc4Oc4ccccc42)c2cccc4cccc-3c24)c2ccc3c(c2)[nH]c2ccccc23)cc1. The Morgan fingerprint density at radius 1 is 0.420 bits per heavy atom. The summed E-state index contributed by atoms with van der Waals surface area (Å²) in [5.41, 5.74) is 12.3. The van der Waals surface area contributed by atoms with E-state index in [1.54, 1.807) is 0 Å². The Morgan fingerprint density at radius 3 is 1.88 bits per heavy atom. The van der Waals surface area contributed by atoms with Gasteiger partial charge in [-0.2, -0.15) is 0 Å². The van der Waals surface area contributed by atoms with Crippen molar-refractivity contribution in [2.45, 2.75) is 5.41 Å². The van der Waals surface area contributed by atoms with Crippen LogP contribution in [0.1, 0.15) is 22.3 Å². The third-order valence-electron chi connectivity index (χ3n) is 10.8. The number of anilines is 3. The van der Waals surface area contributed by atoms with E-state index in [1.165, 1.54) is 43.8 Å². The molecule has 0 saturated heterocycles. The van der Waals surface area contributed by atoms with Crippen LogP contribution >= 0.6 is 0 Å². The van der Waals surface area contributed by atoms with Gasteiger partial charge in [0.2, 0.25) is 0 Å². The van der Waals surface area contributed by atoms with E-state index < -0.39 is 5.41 Å². The highest BCUT2D eigenvalue weighted by Gasteiger charge is 2.49. The zero-order chi connectivity index (χ0) is 32.8. The van der Waals surface area contributed by atoms with Crippen LogP contribution in [0.3, 0.4) is 0 Å². The highest BCUT2D eigenvalue weighted by atomic mass is 16.5. The van der Waals surface area contributed by atoms with Gasteiger partial charge >= 0.3 is 0 Å². The fourth-order valence-electron chi connectivity index (χ4n) is 8.82. The summed E-state index contributed by atoms with van der Waals surface area (Å²) in [6.45, 7) is 0. The summed E-state index contributed by atoms with van der Waals surface area (Å²) in [6.07, 6.45) is 0. The van der Waals surface area contributed by atoms with E-state index in [2.05, 4.69) is 186 Å². The third kappa shape index (κ3) is 3.64. The lowest BCUT2D eigenvalue weighted by molar-refractivity contribution is 0.435. The average Bonchev–Trinajstić information content (AvgIpc) is 3.55. The minimum atomic E-state index is -0.603. The number of hydrogen-bond donors (Lipinski definition) is 1. The van der Waals surface area contributed by atoms with Crippen molar-refractivity contribution >= 4 is 49.6 Å². The van der Waals surface area contributed by atoms with Gasteiger partial charge in [-0.1, -0.05) is 121 Å². The van der Waals surface area contributed by atoms with Crippen LogP contribution in [0.25, 0.3) is 43.7 Å². The lowest BCUT2D eigenvalue weighted by Crippen LogP contribution is -2.36. The van der Waals surface area contributed by atoms with Crippen molar-refractivity contribution in [3.05, 3.63) is 198 Å². The number of rotatable bonds is 3. The number of nitrogens with one attached hydrogen (secondary N) is 1. The second-order valence-corrected chi connectivity index (χ2v) is 13.4. The normalized spacial score (nSPS) is 13.5. The standard InChI is InChI=1S/C47H30N2O/c1-2-14-31(15-3-1)49(33-25-27-36-35-16-4-7-21-42(35)48-43(36)29-33)32-24-26-34-37-17-10-12-30-13-11-20-40(46(30)37)47(41(34)28-32)38-18-5-8-22-44(38)50-45-23-9-6-19-39(45)47/h1-29,48H. The van der Waals surface area contributed by atoms with Crippen LogP contribution in [0, 0.1) is 0 Å². The molecule has 0 amide bonds. The molecule has 0 atom stereocenters. The number of hydrogen-bond acceptors (Lipinski definition) is 2. The maximum Gasteiger partial charge on any atom is 0.132 e. The van der Waals surface area contributed by atoms with E-state index in [9.17, 15) is 0 Å². The van der Waals surface area contributed by atoms with Crippen molar-refractivity contribution in [3.8, 4) is 22.6 Å². The van der Waals surface area contributed by atoms with Crippen LogP contribution in [-0.2, 0) is 5.41 Å². The molecule has 50 heavy (non-hydrogen) atoms. The van der Waals surface area contributed by atoms with Crippen molar-refractivity contribution in [2.24, 2.45) is 0 Å². The summed E-state index contributed by atoms with van der Waals surface area (Å²) in [5, 5.41) is 5.00. The van der Waals surface area contributed by atoms with Gasteiger partial charge in [0, 0.05) is 50.0 Å². The molecule has 0 bridgehead atoms. The van der Waals surface area contributed by atoms with Gasteiger partial charge in [-0.05, 0) is 87.6 Å². The number of nitrogens with zero attached hydrogens (tertiary/aromatic N) is 1. The summed E-state index contributed by atoms with van der Waals surface area (Å²) in [5.74, 6) is 1.78. The molecule has 2 heterocycles. The first kappa shape index (κ1) is 27.4. The number of para-hydroxylation sites is 4. The Hall–Kier alpha value is -6.58. The molecule has 3 heteroatoms. The van der Waals surface area contributed by atoms with E-state index in [-0.39, 0.29) is 0 Å². The quantitative estimate of drug-likeness (QED) is 0.209. The molecule has 1 aliphatic carbocycles. The molecule has 1 aliphatic heterocycles. The Morgan fingerprint density at radius 2 is 1.06 bits per heavy atom. The first-order valence-corrected chi connectivity index (χ1v) is 17.2. The van der Waals surface area contributed by atoms with Gasteiger partial charge in [0.25, 0.3) is 0 Å². The molecular weight excluding hydrogens is 609 g/mol. The molecule has 11 rings (SSSR count). The Labute approximate surface area is 289 Å². The number of aromatic nitrogens is 1. The molecule has 0 unspecified atom stereocenters. The first-order valence-electron chi connectivity index (χ1n) is 17.2. The van der Waals surface area contributed by atoms with Crippen molar-refractivity contribution in [1.29, 1.82) is 0 Å². The predicted molar refractivity (Wildman–Crippen MR) is 205 cm³/mol. The van der Waals surface area contributed by atoms with Crippen LogP contribution in [0.2, 0.25) is 0 Å². The third-order valence-corrected chi connectivity index (χ3v) is 10.8. The van der Waals surface area contributed by atoms with Crippen LogP contribution in [-0.4, -0.2) is 4.98 Å². The van der Waals surface area contributed by atoms with E-state index in [1.807, 2.05) is 0 Å². The molecule has 234 valence electrons. The summed E-state index contributed by atoms with van der Waals surface area (Å²) >= 11 is 0. The highest BCUT2D eigenvalue weighted by Crippen LogP contribution is 2.61. The molecule has 1 spiro atoms. The van der Waals surface area contributed by atoms with Gasteiger partial charge < -0.3 is 14.6 Å². The van der Waals surface area contributed by atoms with Gasteiger partial charge in [0.1, 0.15) is 11.5 Å². The Bertz CT molecular complexity index is 2760. The number of ether oxygens (including phenoxy) is 1. The van der Waals surface area contributed by atoms with Crippen molar-refractivity contribution < 1.29 is 4.74 Å². The Kier molecular flexibility index (Phi) is 5.59. The first-order chi connectivity index (χ1) is 24.8. The van der Waals surface area contributed by atoms with E-state index in [0.717, 1.165) is 50.7 Å². The molecule has 9 aromatic rings. The maximum absolute atomic E-state index is 6.67. The maximum atomic E-state index is 6.67. The molecule has 8 aromatic carbocycles. The van der Waals surface area contributed by atoms with Gasteiger partial charge in [-0.3, -0.25) is 0 Å². The van der Waals surface area contributed by atoms with Crippen LogP contribution in [0.4, 0.5) is 17.1 Å². The van der Waals surface area contributed by atoms with Crippen LogP contribution < -0.4 is 9.64 Å². The van der Waals surface area contributed by atoms with E-state index in [0.29, 0.717) is 0 Å². The van der Waals surface area contributed by atoms with Crippen molar-refractivity contribution in [2.75, 3.05) is 4.90 Å². The molecule has 2 aliphatic rings. The minimum Gasteiger partial charge on any atom is -0.457 e. The molecule has 1 aromatic heterocycles. The average molecular weight is 639 g/mol. The van der Waals surface area contributed by atoms with Gasteiger partial charge in [0.05, 0.1) is 5.41 Å². The number of fused-ring (bicyclic) bond motifs is 11.